The van der Waals surface area contributed by atoms with Crippen LogP contribution in [-0.4, -0.2) is 20.2 Å². The molecule has 2 rings (SSSR count). The number of nitrogens with two attached hydrogens (primary N) is 1. The molecule has 0 aliphatic rings. The fraction of sp³-hybridized carbons (Fsp3) is 0.364. The van der Waals surface area contributed by atoms with E-state index in [1.807, 2.05) is 26.0 Å². The first-order chi connectivity index (χ1) is 8.06. The Kier molecular flexibility index (Phi) is 2.95. The van der Waals surface area contributed by atoms with Crippen LogP contribution in [0.1, 0.15) is 17.0 Å². The third-order valence-corrected chi connectivity index (χ3v) is 2.34. The minimum absolute atomic E-state index is 0.266. The summed E-state index contributed by atoms with van der Waals surface area (Å²) in [7, 11) is 1.71. The maximum absolute atomic E-state index is 5.90. The summed E-state index contributed by atoms with van der Waals surface area (Å²) in [5.41, 5.74) is 8.66. The second-order valence-electron chi connectivity index (χ2n) is 3.98. The van der Waals surface area contributed by atoms with Gasteiger partial charge in [0.25, 0.3) is 0 Å². The monoisotopic (exact) mass is 233 g/mol. The Balaban J connectivity index is 2.14. The smallest absolute Gasteiger partial charge is 0.212 e. The van der Waals surface area contributed by atoms with Crippen molar-refractivity contribution in [2.24, 2.45) is 7.05 Å². The fourth-order valence-corrected chi connectivity index (χ4v) is 1.70. The van der Waals surface area contributed by atoms with Crippen molar-refractivity contribution in [2.75, 3.05) is 5.73 Å². The lowest BCUT2D eigenvalue weighted by atomic mass is 10.1. The van der Waals surface area contributed by atoms with Crippen LogP contribution in [-0.2, 0) is 13.7 Å². The molecule has 0 amide bonds. The van der Waals surface area contributed by atoms with Gasteiger partial charge in [0.1, 0.15) is 5.75 Å². The number of rotatable bonds is 3. The molecule has 6 nitrogen and oxygen atoms in total. The van der Waals surface area contributed by atoms with Gasteiger partial charge in [0.15, 0.2) is 6.61 Å². The second-order valence-corrected chi connectivity index (χ2v) is 3.98. The van der Waals surface area contributed by atoms with E-state index in [0.717, 1.165) is 11.1 Å². The van der Waals surface area contributed by atoms with Crippen LogP contribution < -0.4 is 10.5 Å². The van der Waals surface area contributed by atoms with E-state index in [2.05, 4.69) is 15.4 Å². The normalized spacial score (nSPS) is 10.5. The van der Waals surface area contributed by atoms with Gasteiger partial charge in [0.2, 0.25) is 5.82 Å². The summed E-state index contributed by atoms with van der Waals surface area (Å²) >= 11 is 0. The number of anilines is 1. The van der Waals surface area contributed by atoms with Gasteiger partial charge < -0.3 is 10.5 Å². The number of aromatic nitrogens is 4. The van der Waals surface area contributed by atoms with Crippen molar-refractivity contribution in [2.45, 2.75) is 20.5 Å². The summed E-state index contributed by atoms with van der Waals surface area (Å²) in [5, 5.41) is 11.6. The second kappa shape index (κ2) is 4.40. The van der Waals surface area contributed by atoms with Crippen LogP contribution in [0.4, 0.5) is 5.69 Å². The molecule has 6 heteroatoms. The van der Waals surface area contributed by atoms with Crippen molar-refractivity contribution in [1.82, 2.24) is 20.2 Å². The van der Waals surface area contributed by atoms with Gasteiger partial charge in [-0.2, -0.15) is 4.80 Å². The summed E-state index contributed by atoms with van der Waals surface area (Å²) in [4.78, 5) is 1.39. The van der Waals surface area contributed by atoms with Crippen LogP contribution in [0.2, 0.25) is 0 Å². The van der Waals surface area contributed by atoms with Crippen LogP contribution in [0, 0.1) is 13.8 Å². The van der Waals surface area contributed by atoms with E-state index in [4.69, 9.17) is 10.5 Å². The molecule has 2 N–H and O–H groups in total. The summed E-state index contributed by atoms with van der Waals surface area (Å²) in [6.07, 6.45) is 0. The van der Waals surface area contributed by atoms with Crippen molar-refractivity contribution in [3.63, 3.8) is 0 Å². The van der Waals surface area contributed by atoms with Crippen molar-refractivity contribution in [1.29, 1.82) is 0 Å². The molecule has 0 spiro atoms. The minimum Gasteiger partial charge on any atom is -0.483 e. The summed E-state index contributed by atoms with van der Waals surface area (Å²) < 4.78 is 5.62. The number of nitrogens with zero attached hydrogens (tertiary/aromatic N) is 4. The van der Waals surface area contributed by atoms with Crippen molar-refractivity contribution < 1.29 is 4.74 Å². The van der Waals surface area contributed by atoms with E-state index >= 15 is 0 Å². The van der Waals surface area contributed by atoms with E-state index in [9.17, 15) is 0 Å². The van der Waals surface area contributed by atoms with Crippen LogP contribution in [0.5, 0.6) is 5.75 Å². The number of aryl methyl sites for hydroxylation is 3. The Morgan fingerprint density at radius 3 is 2.71 bits per heavy atom. The minimum atomic E-state index is 0.266. The number of benzene rings is 1. The van der Waals surface area contributed by atoms with Crippen molar-refractivity contribution in [3.8, 4) is 5.75 Å². The summed E-state index contributed by atoms with van der Waals surface area (Å²) in [5.74, 6) is 1.22. The highest BCUT2D eigenvalue weighted by Gasteiger charge is 2.08. The molecule has 90 valence electrons. The van der Waals surface area contributed by atoms with E-state index in [1.165, 1.54) is 4.80 Å². The van der Waals surface area contributed by atoms with Gasteiger partial charge in [0.05, 0.1) is 12.7 Å². The first-order valence-electron chi connectivity index (χ1n) is 5.28. The molecule has 0 radical (unpaired) electrons. The Morgan fingerprint density at radius 2 is 2.12 bits per heavy atom. The lowest BCUT2D eigenvalue weighted by Crippen LogP contribution is -2.03. The standard InChI is InChI=1S/C11H15N5O/c1-7-4-8(2)11(9(12)5-7)17-6-10-13-15-16(3)14-10/h4-5H,6,12H2,1-3H3. The molecule has 1 heterocycles. The molecule has 0 saturated carbocycles. The zero-order valence-electron chi connectivity index (χ0n) is 10.1. The maximum atomic E-state index is 5.90. The number of tetrazole rings is 1. The molecule has 0 saturated heterocycles. The third kappa shape index (κ3) is 2.52. The highest BCUT2D eigenvalue weighted by molar-refractivity contribution is 5.58. The quantitative estimate of drug-likeness (QED) is 0.800. The largest absolute Gasteiger partial charge is 0.483 e. The molecule has 2 aromatic rings. The Morgan fingerprint density at radius 1 is 1.35 bits per heavy atom. The van der Waals surface area contributed by atoms with Crippen molar-refractivity contribution in [3.05, 3.63) is 29.1 Å². The van der Waals surface area contributed by atoms with Crippen LogP contribution >= 0.6 is 0 Å². The molecule has 1 aromatic carbocycles. The predicted molar refractivity (Wildman–Crippen MR) is 63.5 cm³/mol. The van der Waals surface area contributed by atoms with Crippen LogP contribution in [0.3, 0.4) is 0 Å². The lowest BCUT2D eigenvalue weighted by Gasteiger charge is -2.11. The Labute approximate surface area is 99.4 Å². The van der Waals surface area contributed by atoms with Crippen LogP contribution in [0.15, 0.2) is 12.1 Å². The number of hydrogen-bond acceptors (Lipinski definition) is 5. The summed E-state index contributed by atoms with van der Waals surface area (Å²) in [6, 6.07) is 3.90. The van der Waals surface area contributed by atoms with Gasteiger partial charge >= 0.3 is 0 Å². The molecule has 0 atom stereocenters. The third-order valence-electron chi connectivity index (χ3n) is 2.34. The number of ether oxygens (including phenoxy) is 1. The van der Waals surface area contributed by atoms with Gasteiger partial charge in [-0.05, 0) is 36.3 Å². The number of hydrogen-bond donors (Lipinski definition) is 1. The maximum Gasteiger partial charge on any atom is 0.212 e. The molecule has 0 fully saturated rings. The zero-order valence-corrected chi connectivity index (χ0v) is 10.1. The Hall–Kier alpha value is -2.11. The predicted octanol–water partition coefficient (Wildman–Crippen LogP) is 0.988. The van der Waals surface area contributed by atoms with E-state index in [0.29, 0.717) is 17.3 Å². The number of nitrogen functional groups attached to an aromatic ring is 1. The SMILES string of the molecule is Cc1cc(C)c(OCc2nnn(C)n2)c(N)c1. The van der Waals surface area contributed by atoms with Gasteiger partial charge in [-0.1, -0.05) is 6.07 Å². The molecular formula is C11H15N5O. The van der Waals surface area contributed by atoms with Gasteiger partial charge in [-0.25, -0.2) is 0 Å². The van der Waals surface area contributed by atoms with Gasteiger partial charge in [0, 0.05) is 0 Å². The molecule has 0 aliphatic heterocycles. The fourth-order valence-electron chi connectivity index (χ4n) is 1.70. The van der Waals surface area contributed by atoms with E-state index < -0.39 is 0 Å². The first kappa shape index (κ1) is 11.4. The molecule has 0 bridgehead atoms. The average molecular weight is 233 g/mol. The first-order valence-corrected chi connectivity index (χ1v) is 5.28. The molecule has 0 unspecified atom stereocenters. The van der Waals surface area contributed by atoms with Gasteiger partial charge in [-0.3, -0.25) is 0 Å². The van der Waals surface area contributed by atoms with Gasteiger partial charge in [-0.15, -0.1) is 10.2 Å². The lowest BCUT2D eigenvalue weighted by molar-refractivity contribution is 0.295. The van der Waals surface area contributed by atoms with E-state index in [-0.39, 0.29) is 6.61 Å². The highest BCUT2D eigenvalue weighted by Crippen LogP contribution is 2.27. The molecule has 1 aromatic heterocycles. The molecular weight excluding hydrogens is 218 g/mol. The van der Waals surface area contributed by atoms with E-state index in [1.54, 1.807) is 7.05 Å². The van der Waals surface area contributed by atoms with Crippen molar-refractivity contribution >= 4 is 5.69 Å². The molecule has 17 heavy (non-hydrogen) atoms. The zero-order chi connectivity index (χ0) is 12.4. The highest BCUT2D eigenvalue weighted by atomic mass is 16.5. The van der Waals surface area contributed by atoms with Crippen LogP contribution in [0.25, 0.3) is 0 Å². The average Bonchev–Trinajstić information content (AvgIpc) is 2.62. The summed E-state index contributed by atoms with van der Waals surface area (Å²) in [6.45, 7) is 4.22. The molecule has 0 aliphatic carbocycles. The Bertz CT molecular complexity index is 511. The topological polar surface area (TPSA) is 78.9 Å².